The van der Waals surface area contributed by atoms with Crippen molar-refractivity contribution in [1.29, 1.82) is 0 Å². The molecule has 3 amide bonds. The lowest BCUT2D eigenvalue weighted by Crippen LogP contribution is -2.48. The minimum Gasteiger partial charge on any atom is -0.497 e. The Morgan fingerprint density at radius 3 is 2.51 bits per heavy atom. The molecule has 0 aliphatic heterocycles. The van der Waals surface area contributed by atoms with Gasteiger partial charge in [-0.05, 0) is 54.8 Å². The molecule has 0 saturated heterocycles. The number of hydrogen-bond donors (Lipinski definition) is 2. The minimum atomic E-state index is -0.955. The normalized spacial score (nSPS) is 14.3. The van der Waals surface area contributed by atoms with Crippen LogP contribution < -0.4 is 15.4 Å². The van der Waals surface area contributed by atoms with Crippen molar-refractivity contribution in [1.82, 2.24) is 15.5 Å². The van der Waals surface area contributed by atoms with Crippen molar-refractivity contribution >= 4 is 17.7 Å². The molecular weight excluding hydrogens is 450 g/mol. The van der Waals surface area contributed by atoms with Gasteiger partial charge in [0.15, 0.2) is 5.76 Å². The average molecular weight is 480 g/mol. The third kappa shape index (κ3) is 6.11. The molecule has 2 aromatic heterocycles. The van der Waals surface area contributed by atoms with Gasteiger partial charge in [0.25, 0.3) is 5.91 Å². The SMILES string of the molecule is COc1cccc(C(C(=O)NC2CCCC2)N(Cc2ccco2)C(=O)CNC(=O)c2ccco2)c1. The van der Waals surface area contributed by atoms with E-state index >= 15 is 0 Å². The van der Waals surface area contributed by atoms with Crippen LogP contribution in [-0.2, 0) is 16.1 Å². The van der Waals surface area contributed by atoms with Crippen LogP contribution in [0.25, 0.3) is 0 Å². The Kier molecular flexibility index (Phi) is 7.87. The maximum absolute atomic E-state index is 13.6. The van der Waals surface area contributed by atoms with E-state index in [0.29, 0.717) is 17.1 Å². The van der Waals surface area contributed by atoms with Crippen LogP contribution >= 0.6 is 0 Å². The smallest absolute Gasteiger partial charge is 0.287 e. The number of ether oxygens (including phenoxy) is 1. The summed E-state index contributed by atoms with van der Waals surface area (Å²) in [6, 6.07) is 12.7. The number of methoxy groups -OCH3 is 1. The molecule has 1 fully saturated rings. The molecule has 3 aromatic rings. The van der Waals surface area contributed by atoms with Crippen LogP contribution in [0.3, 0.4) is 0 Å². The zero-order valence-electron chi connectivity index (χ0n) is 19.6. The van der Waals surface area contributed by atoms with Gasteiger partial charge >= 0.3 is 0 Å². The molecule has 9 heteroatoms. The number of carbonyl (C=O) groups is 3. The van der Waals surface area contributed by atoms with Gasteiger partial charge in [-0.1, -0.05) is 25.0 Å². The van der Waals surface area contributed by atoms with Gasteiger partial charge in [-0.15, -0.1) is 0 Å². The molecule has 35 heavy (non-hydrogen) atoms. The largest absolute Gasteiger partial charge is 0.497 e. The van der Waals surface area contributed by atoms with Crippen molar-refractivity contribution in [2.75, 3.05) is 13.7 Å². The number of amides is 3. The predicted octanol–water partition coefficient (Wildman–Crippen LogP) is 3.44. The summed E-state index contributed by atoms with van der Waals surface area (Å²) in [5.41, 5.74) is 0.595. The molecule has 0 radical (unpaired) electrons. The maximum Gasteiger partial charge on any atom is 0.287 e. The second kappa shape index (κ2) is 11.4. The fraction of sp³-hybridized carbons (Fsp3) is 0.346. The topological polar surface area (TPSA) is 114 Å². The van der Waals surface area contributed by atoms with E-state index in [-0.39, 0.29) is 30.8 Å². The Balaban J connectivity index is 1.63. The highest BCUT2D eigenvalue weighted by atomic mass is 16.5. The second-order valence-corrected chi connectivity index (χ2v) is 8.43. The highest BCUT2D eigenvalue weighted by Gasteiger charge is 2.34. The Bertz CT molecular complexity index is 1120. The van der Waals surface area contributed by atoms with E-state index in [2.05, 4.69) is 10.6 Å². The fourth-order valence-corrected chi connectivity index (χ4v) is 4.28. The van der Waals surface area contributed by atoms with Crippen LogP contribution in [-0.4, -0.2) is 42.3 Å². The predicted molar refractivity (Wildman–Crippen MR) is 126 cm³/mol. The number of carbonyl (C=O) groups excluding carboxylic acids is 3. The summed E-state index contributed by atoms with van der Waals surface area (Å²) in [6.07, 6.45) is 6.82. The van der Waals surface area contributed by atoms with E-state index in [4.69, 9.17) is 13.6 Å². The van der Waals surface area contributed by atoms with E-state index in [1.807, 2.05) is 0 Å². The third-order valence-corrected chi connectivity index (χ3v) is 6.04. The standard InChI is InChI=1S/C26H29N3O6/c1-33-20-10-4-7-18(15-20)24(26(32)28-19-8-2-3-9-19)29(17-21-11-5-13-34-21)23(30)16-27-25(31)22-12-6-14-35-22/h4-7,10-15,19,24H,2-3,8-9,16-17H2,1H3,(H,27,31)(H,28,32). The van der Waals surface area contributed by atoms with Crippen molar-refractivity contribution < 1.29 is 28.0 Å². The monoisotopic (exact) mass is 479 g/mol. The number of benzene rings is 1. The van der Waals surface area contributed by atoms with Crippen molar-refractivity contribution in [2.45, 2.75) is 44.3 Å². The highest BCUT2D eigenvalue weighted by Crippen LogP contribution is 2.28. The molecule has 2 heterocycles. The molecule has 1 atom stereocenters. The van der Waals surface area contributed by atoms with Gasteiger partial charge in [-0.2, -0.15) is 0 Å². The fourth-order valence-electron chi connectivity index (χ4n) is 4.28. The van der Waals surface area contributed by atoms with Gasteiger partial charge in [0.05, 0.1) is 32.7 Å². The van der Waals surface area contributed by atoms with E-state index in [1.54, 1.807) is 49.6 Å². The average Bonchev–Trinajstić information content (AvgIpc) is 3.66. The molecule has 4 rings (SSSR count). The molecule has 0 spiro atoms. The zero-order chi connectivity index (χ0) is 24.6. The van der Waals surface area contributed by atoms with E-state index in [9.17, 15) is 14.4 Å². The Morgan fingerprint density at radius 1 is 1.06 bits per heavy atom. The molecule has 9 nitrogen and oxygen atoms in total. The zero-order valence-corrected chi connectivity index (χ0v) is 19.6. The summed E-state index contributed by atoms with van der Waals surface area (Å²) in [6.45, 7) is -0.278. The molecule has 1 unspecified atom stereocenters. The molecule has 1 aromatic carbocycles. The van der Waals surface area contributed by atoms with E-state index in [1.165, 1.54) is 23.5 Å². The van der Waals surface area contributed by atoms with Crippen LogP contribution in [0.15, 0.2) is 69.9 Å². The molecule has 2 N–H and O–H groups in total. The number of nitrogens with one attached hydrogen (secondary N) is 2. The summed E-state index contributed by atoms with van der Waals surface area (Å²) < 4.78 is 16.0. The lowest BCUT2D eigenvalue weighted by Gasteiger charge is -2.32. The van der Waals surface area contributed by atoms with E-state index in [0.717, 1.165) is 25.7 Å². The van der Waals surface area contributed by atoms with Crippen LogP contribution in [0.1, 0.15) is 53.6 Å². The molecule has 1 saturated carbocycles. The quantitative estimate of drug-likeness (QED) is 0.461. The minimum absolute atomic E-state index is 0.0441. The lowest BCUT2D eigenvalue weighted by atomic mass is 10.0. The Morgan fingerprint density at radius 2 is 1.83 bits per heavy atom. The van der Waals surface area contributed by atoms with Gasteiger partial charge in [0.1, 0.15) is 17.6 Å². The van der Waals surface area contributed by atoms with Crippen LogP contribution in [0.2, 0.25) is 0 Å². The van der Waals surface area contributed by atoms with Gasteiger partial charge in [0.2, 0.25) is 11.8 Å². The van der Waals surface area contributed by atoms with Crippen molar-refractivity contribution in [3.05, 3.63) is 78.1 Å². The van der Waals surface area contributed by atoms with Crippen LogP contribution in [0.5, 0.6) is 5.75 Å². The Hall–Kier alpha value is -4.01. The first-order chi connectivity index (χ1) is 17.0. The van der Waals surface area contributed by atoms with Gasteiger partial charge in [-0.25, -0.2) is 0 Å². The van der Waals surface area contributed by atoms with Crippen LogP contribution in [0.4, 0.5) is 0 Å². The summed E-state index contributed by atoms with van der Waals surface area (Å²) in [5.74, 6) is -0.0820. The molecular formula is C26H29N3O6. The first kappa shape index (κ1) is 24.1. The third-order valence-electron chi connectivity index (χ3n) is 6.04. The van der Waals surface area contributed by atoms with Gasteiger partial charge in [-0.3, -0.25) is 14.4 Å². The number of nitrogens with zero attached hydrogens (tertiary/aromatic N) is 1. The highest BCUT2D eigenvalue weighted by molar-refractivity contribution is 5.95. The first-order valence-electron chi connectivity index (χ1n) is 11.6. The number of furan rings is 2. The van der Waals surface area contributed by atoms with Crippen LogP contribution in [0, 0.1) is 0 Å². The molecule has 0 bridgehead atoms. The maximum atomic E-state index is 13.6. The van der Waals surface area contributed by atoms with Crippen molar-refractivity contribution in [2.24, 2.45) is 0 Å². The van der Waals surface area contributed by atoms with E-state index < -0.39 is 17.9 Å². The summed E-state index contributed by atoms with van der Waals surface area (Å²) in [5, 5.41) is 5.69. The second-order valence-electron chi connectivity index (χ2n) is 8.43. The van der Waals surface area contributed by atoms with Gasteiger partial charge in [0, 0.05) is 6.04 Å². The lowest BCUT2D eigenvalue weighted by molar-refractivity contribution is -0.141. The van der Waals surface area contributed by atoms with Crippen molar-refractivity contribution in [3.63, 3.8) is 0 Å². The molecule has 184 valence electrons. The first-order valence-corrected chi connectivity index (χ1v) is 11.6. The summed E-state index contributed by atoms with van der Waals surface area (Å²) >= 11 is 0. The number of rotatable bonds is 10. The van der Waals surface area contributed by atoms with Gasteiger partial charge < -0.3 is 29.1 Å². The van der Waals surface area contributed by atoms with Crippen molar-refractivity contribution in [3.8, 4) is 5.75 Å². The summed E-state index contributed by atoms with van der Waals surface area (Å²) in [4.78, 5) is 40.9. The Labute approximate surface area is 203 Å². The molecule has 1 aliphatic carbocycles. The summed E-state index contributed by atoms with van der Waals surface area (Å²) in [7, 11) is 1.54. The molecule has 1 aliphatic rings. The number of hydrogen-bond acceptors (Lipinski definition) is 6.